The van der Waals surface area contributed by atoms with E-state index in [1.54, 1.807) is 0 Å². The Morgan fingerprint density at radius 2 is 1.79 bits per heavy atom. The van der Waals surface area contributed by atoms with Crippen molar-refractivity contribution >= 4 is 10.1 Å². The zero-order valence-corrected chi connectivity index (χ0v) is 12.3. The summed E-state index contributed by atoms with van der Waals surface area (Å²) in [6, 6.07) is 0. The lowest BCUT2D eigenvalue weighted by Crippen LogP contribution is -2.16. The summed E-state index contributed by atoms with van der Waals surface area (Å²) in [6.45, 7) is 5.33. The number of rotatable bonds is 11. The standard InChI is InChI=1S/C12H22O6S/c1-3-5-6-7-8-17-18-19(13,14)12-11-16-10-9-15-4-2/h3-6,9-12H2,1-2H3. The van der Waals surface area contributed by atoms with E-state index < -0.39 is 10.1 Å². The van der Waals surface area contributed by atoms with Gasteiger partial charge < -0.3 is 9.47 Å². The minimum Gasteiger partial charge on any atom is -0.379 e. The lowest BCUT2D eigenvalue weighted by Gasteiger charge is -2.04. The van der Waals surface area contributed by atoms with Gasteiger partial charge in [0, 0.05) is 13.0 Å². The molecule has 0 aliphatic rings. The first-order valence-corrected chi connectivity index (χ1v) is 7.91. The van der Waals surface area contributed by atoms with Crippen LogP contribution in [-0.2, 0) is 28.8 Å². The zero-order chi connectivity index (χ0) is 14.4. The van der Waals surface area contributed by atoms with Crippen molar-refractivity contribution < 1.29 is 27.1 Å². The van der Waals surface area contributed by atoms with E-state index in [0.29, 0.717) is 26.2 Å². The summed E-state index contributed by atoms with van der Waals surface area (Å²) in [4.78, 5) is 4.31. The van der Waals surface area contributed by atoms with Crippen molar-refractivity contribution in [3.05, 3.63) is 0 Å². The second-order valence-electron chi connectivity index (χ2n) is 3.60. The van der Waals surface area contributed by atoms with Gasteiger partial charge in [-0.3, -0.25) is 4.89 Å². The van der Waals surface area contributed by atoms with Crippen LogP contribution in [0.2, 0.25) is 0 Å². The third-order valence-electron chi connectivity index (χ3n) is 1.96. The third-order valence-corrected chi connectivity index (χ3v) is 2.90. The average molecular weight is 294 g/mol. The molecule has 0 N–H and O–H groups in total. The molecule has 0 aliphatic carbocycles. The normalized spacial score (nSPS) is 10.8. The second kappa shape index (κ2) is 12.2. The van der Waals surface area contributed by atoms with Crippen molar-refractivity contribution in [2.24, 2.45) is 0 Å². The lowest BCUT2D eigenvalue weighted by atomic mass is 10.3. The number of unbranched alkanes of at least 4 members (excludes halogenated alkanes) is 2. The fourth-order valence-corrected chi connectivity index (χ4v) is 1.50. The van der Waals surface area contributed by atoms with Crippen molar-refractivity contribution in [3.63, 3.8) is 0 Å². The van der Waals surface area contributed by atoms with Crippen LogP contribution in [0, 0.1) is 12.0 Å². The molecule has 0 unspecified atom stereocenters. The third kappa shape index (κ3) is 13.4. The molecule has 0 radical (unpaired) electrons. The van der Waals surface area contributed by atoms with Crippen LogP contribution in [0.25, 0.3) is 0 Å². The van der Waals surface area contributed by atoms with Gasteiger partial charge in [-0.25, -0.2) is 0 Å². The van der Waals surface area contributed by atoms with Crippen LogP contribution < -0.4 is 0 Å². The molecule has 112 valence electrons. The molecule has 0 heterocycles. The summed E-state index contributed by atoms with van der Waals surface area (Å²) in [7, 11) is -3.76. The SMILES string of the molecule is CCCCC#COOS(=O)(=O)CCOCCOCC. The molecule has 0 spiro atoms. The van der Waals surface area contributed by atoms with Gasteiger partial charge >= 0.3 is 10.1 Å². The molecular weight excluding hydrogens is 272 g/mol. The fourth-order valence-electron chi connectivity index (χ4n) is 0.974. The average Bonchev–Trinajstić information content (AvgIpc) is 2.38. The van der Waals surface area contributed by atoms with Crippen molar-refractivity contribution in [1.29, 1.82) is 0 Å². The highest BCUT2D eigenvalue weighted by Gasteiger charge is 2.12. The predicted octanol–water partition coefficient (Wildman–Crippen LogP) is 1.47. The molecule has 0 bridgehead atoms. The highest BCUT2D eigenvalue weighted by atomic mass is 32.2. The maximum Gasteiger partial charge on any atom is 0.306 e. The highest BCUT2D eigenvalue weighted by molar-refractivity contribution is 7.86. The van der Waals surface area contributed by atoms with E-state index in [-0.39, 0.29) is 12.4 Å². The van der Waals surface area contributed by atoms with E-state index in [9.17, 15) is 8.42 Å². The summed E-state index contributed by atoms with van der Waals surface area (Å²) in [5, 5.41) is 0. The van der Waals surface area contributed by atoms with Crippen LogP contribution in [0.15, 0.2) is 0 Å². The van der Waals surface area contributed by atoms with Crippen molar-refractivity contribution in [3.8, 4) is 12.0 Å². The van der Waals surface area contributed by atoms with Gasteiger partial charge in [0.2, 0.25) is 0 Å². The van der Waals surface area contributed by atoms with Gasteiger partial charge in [0.25, 0.3) is 0 Å². The fraction of sp³-hybridized carbons (Fsp3) is 0.833. The Kier molecular flexibility index (Phi) is 11.7. The van der Waals surface area contributed by atoms with E-state index in [4.69, 9.17) is 9.47 Å². The van der Waals surface area contributed by atoms with Crippen LogP contribution in [0.5, 0.6) is 0 Å². The van der Waals surface area contributed by atoms with Gasteiger partial charge in [0.1, 0.15) is 5.75 Å². The smallest absolute Gasteiger partial charge is 0.306 e. The Morgan fingerprint density at radius 1 is 1.05 bits per heavy atom. The maximum atomic E-state index is 11.3. The van der Waals surface area contributed by atoms with Crippen LogP contribution in [0.1, 0.15) is 33.1 Å². The molecule has 0 aromatic carbocycles. The molecule has 19 heavy (non-hydrogen) atoms. The van der Waals surface area contributed by atoms with Crippen LogP contribution in [0.4, 0.5) is 0 Å². The van der Waals surface area contributed by atoms with Gasteiger partial charge in [-0.05, 0) is 17.7 Å². The van der Waals surface area contributed by atoms with Gasteiger partial charge in [-0.2, -0.15) is 8.42 Å². The molecule has 7 heteroatoms. The zero-order valence-electron chi connectivity index (χ0n) is 11.5. The predicted molar refractivity (Wildman–Crippen MR) is 70.6 cm³/mol. The molecule has 0 aromatic rings. The summed E-state index contributed by atoms with van der Waals surface area (Å²) in [6.07, 6.45) is 4.80. The van der Waals surface area contributed by atoms with Crippen LogP contribution in [0.3, 0.4) is 0 Å². The van der Waals surface area contributed by atoms with E-state index in [0.717, 1.165) is 12.8 Å². The van der Waals surface area contributed by atoms with Crippen molar-refractivity contribution in [2.45, 2.75) is 33.1 Å². The molecular formula is C12H22O6S. The van der Waals surface area contributed by atoms with Crippen LogP contribution in [-0.4, -0.2) is 40.6 Å². The molecule has 0 saturated heterocycles. The van der Waals surface area contributed by atoms with Crippen molar-refractivity contribution in [1.82, 2.24) is 0 Å². The minimum absolute atomic E-state index is 0.0298. The molecule has 0 amide bonds. The molecule has 6 nitrogen and oxygen atoms in total. The summed E-state index contributed by atoms with van der Waals surface area (Å²) >= 11 is 0. The number of ether oxygens (including phenoxy) is 2. The van der Waals surface area contributed by atoms with Gasteiger partial charge in [0.15, 0.2) is 6.11 Å². The van der Waals surface area contributed by atoms with E-state index in [1.165, 1.54) is 0 Å². The molecule has 0 atom stereocenters. The Hall–Kier alpha value is -0.810. The van der Waals surface area contributed by atoms with Crippen LogP contribution >= 0.6 is 0 Å². The Bertz CT molecular complexity index is 354. The highest BCUT2D eigenvalue weighted by Crippen LogP contribution is 1.95. The second-order valence-corrected chi connectivity index (χ2v) is 5.26. The van der Waals surface area contributed by atoms with Gasteiger partial charge in [-0.1, -0.05) is 19.3 Å². The molecule has 0 aliphatic heterocycles. The monoisotopic (exact) mass is 294 g/mol. The lowest BCUT2D eigenvalue weighted by molar-refractivity contribution is -0.127. The first-order chi connectivity index (χ1) is 9.12. The van der Waals surface area contributed by atoms with E-state index >= 15 is 0 Å². The Balaban J connectivity index is 3.59. The van der Waals surface area contributed by atoms with Gasteiger partial charge in [-0.15, -0.1) is 0 Å². The Morgan fingerprint density at radius 3 is 2.47 bits per heavy atom. The van der Waals surface area contributed by atoms with Crippen molar-refractivity contribution in [2.75, 3.05) is 32.2 Å². The molecule has 0 rings (SSSR count). The topological polar surface area (TPSA) is 71.1 Å². The number of hydrogen-bond acceptors (Lipinski definition) is 6. The Labute approximate surface area is 115 Å². The molecule has 0 aromatic heterocycles. The quantitative estimate of drug-likeness (QED) is 0.249. The first-order valence-electron chi connectivity index (χ1n) is 6.33. The minimum atomic E-state index is -3.76. The first kappa shape index (κ1) is 18.2. The van der Waals surface area contributed by atoms with E-state index in [2.05, 4.69) is 21.2 Å². The summed E-state index contributed by atoms with van der Waals surface area (Å²) < 4.78 is 36.9. The molecule has 0 saturated carbocycles. The largest absolute Gasteiger partial charge is 0.379 e. The van der Waals surface area contributed by atoms with E-state index in [1.807, 2.05) is 13.8 Å². The summed E-state index contributed by atoms with van der Waals surface area (Å²) in [5.74, 6) is 2.36. The maximum absolute atomic E-state index is 11.3. The summed E-state index contributed by atoms with van der Waals surface area (Å²) in [5.41, 5.74) is 0. The van der Waals surface area contributed by atoms with Gasteiger partial charge in [0.05, 0.1) is 19.8 Å². The number of hydrogen-bond donors (Lipinski definition) is 0. The molecule has 0 fully saturated rings.